The molecule has 0 aliphatic heterocycles. The third-order valence-corrected chi connectivity index (χ3v) is 3.85. The molecule has 2 N–H and O–H groups in total. The maximum absolute atomic E-state index is 13.0. The molecule has 15 heavy (non-hydrogen) atoms. The number of fused-ring (bicyclic) bond motifs is 1. The number of hydrogen-bond donors (Lipinski definition) is 1. The van der Waals surface area contributed by atoms with Crippen molar-refractivity contribution in [1.29, 1.82) is 0 Å². The van der Waals surface area contributed by atoms with E-state index >= 15 is 0 Å². The molecule has 0 amide bonds. The van der Waals surface area contributed by atoms with Crippen molar-refractivity contribution in [3.8, 4) is 0 Å². The molecule has 80 valence electrons. The van der Waals surface area contributed by atoms with Crippen LogP contribution in [0.3, 0.4) is 0 Å². The van der Waals surface area contributed by atoms with Gasteiger partial charge < -0.3 is 5.73 Å². The van der Waals surface area contributed by atoms with Crippen molar-refractivity contribution >= 4 is 0 Å². The van der Waals surface area contributed by atoms with Crippen molar-refractivity contribution < 1.29 is 4.39 Å². The minimum atomic E-state index is -0.108. The Balaban J connectivity index is 1.85. The summed E-state index contributed by atoms with van der Waals surface area (Å²) >= 11 is 0. The van der Waals surface area contributed by atoms with E-state index in [1.165, 1.54) is 24.0 Å². The third-order valence-electron chi connectivity index (χ3n) is 3.85. The van der Waals surface area contributed by atoms with Crippen LogP contribution >= 0.6 is 0 Å². The second kappa shape index (κ2) is 3.05. The van der Waals surface area contributed by atoms with Crippen LogP contribution in [0, 0.1) is 5.82 Å². The van der Waals surface area contributed by atoms with E-state index in [0.717, 1.165) is 19.3 Å². The lowest BCUT2D eigenvalue weighted by Crippen LogP contribution is -2.23. The predicted octanol–water partition coefficient (Wildman–Crippen LogP) is 2.74. The second-order valence-corrected chi connectivity index (χ2v) is 5.15. The second-order valence-electron chi connectivity index (χ2n) is 5.15. The molecule has 1 saturated carbocycles. The van der Waals surface area contributed by atoms with Crippen LogP contribution in [0.4, 0.5) is 4.39 Å². The van der Waals surface area contributed by atoms with Crippen LogP contribution in [0.15, 0.2) is 18.2 Å². The average Bonchev–Trinajstić information content (AvgIpc) is 2.79. The molecule has 0 saturated heterocycles. The van der Waals surface area contributed by atoms with Crippen molar-refractivity contribution in [3.63, 3.8) is 0 Å². The molecule has 2 aliphatic carbocycles. The van der Waals surface area contributed by atoms with Gasteiger partial charge in [0.05, 0.1) is 0 Å². The van der Waals surface area contributed by atoms with Gasteiger partial charge in [0.2, 0.25) is 0 Å². The Hall–Kier alpha value is -0.890. The number of aryl methyl sites for hydroxylation is 1. The number of nitrogens with two attached hydrogens (primary N) is 1. The summed E-state index contributed by atoms with van der Waals surface area (Å²) < 4.78 is 13.0. The van der Waals surface area contributed by atoms with Gasteiger partial charge in [0.15, 0.2) is 0 Å². The fourth-order valence-electron chi connectivity index (χ4n) is 2.74. The highest BCUT2D eigenvalue weighted by atomic mass is 19.1. The largest absolute Gasteiger partial charge is 0.325 e. The molecule has 0 radical (unpaired) electrons. The molecule has 1 unspecified atom stereocenters. The summed E-state index contributed by atoms with van der Waals surface area (Å²) in [4.78, 5) is 0. The van der Waals surface area contributed by atoms with Crippen molar-refractivity contribution in [2.24, 2.45) is 5.73 Å². The highest BCUT2D eigenvalue weighted by Crippen LogP contribution is 2.45. The molecule has 0 aromatic heterocycles. The zero-order valence-electron chi connectivity index (χ0n) is 8.80. The van der Waals surface area contributed by atoms with E-state index in [9.17, 15) is 4.39 Å². The topological polar surface area (TPSA) is 26.0 Å². The first-order valence-electron chi connectivity index (χ1n) is 5.74. The van der Waals surface area contributed by atoms with Gasteiger partial charge >= 0.3 is 0 Å². The Morgan fingerprint density at radius 2 is 2.20 bits per heavy atom. The van der Waals surface area contributed by atoms with Gasteiger partial charge in [-0.15, -0.1) is 0 Å². The zero-order valence-corrected chi connectivity index (χ0v) is 8.80. The monoisotopic (exact) mass is 205 g/mol. The molecule has 1 aromatic rings. The van der Waals surface area contributed by atoms with Gasteiger partial charge in [-0.05, 0) is 61.3 Å². The van der Waals surface area contributed by atoms with Crippen LogP contribution in [0.2, 0.25) is 0 Å². The molecule has 0 bridgehead atoms. The van der Waals surface area contributed by atoms with Crippen molar-refractivity contribution in [2.45, 2.75) is 43.6 Å². The maximum atomic E-state index is 13.0. The highest BCUT2D eigenvalue weighted by molar-refractivity contribution is 5.36. The number of halogens is 1. The summed E-state index contributed by atoms with van der Waals surface area (Å²) in [6.07, 6.45) is 5.59. The summed E-state index contributed by atoms with van der Waals surface area (Å²) in [5.74, 6) is 0.469. The van der Waals surface area contributed by atoms with Crippen molar-refractivity contribution in [2.75, 3.05) is 0 Å². The molecule has 0 spiro atoms. The van der Waals surface area contributed by atoms with E-state index in [1.54, 1.807) is 12.1 Å². The van der Waals surface area contributed by atoms with Crippen LogP contribution in [-0.4, -0.2) is 5.54 Å². The maximum Gasteiger partial charge on any atom is 0.123 e. The first-order chi connectivity index (χ1) is 7.16. The lowest BCUT2D eigenvalue weighted by atomic mass is 9.93. The van der Waals surface area contributed by atoms with Crippen LogP contribution in [0.5, 0.6) is 0 Å². The van der Waals surface area contributed by atoms with E-state index in [2.05, 4.69) is 0 Å². The van der Waals surface area contributed by atoms with E-state index in [4.69, 9.17) is 5.73 Å². The average molecular weight is 205 g/mol. The quantitative estimate of drug-likeness (QED) is 0.789. The summed E-state index contributed by atoms with van der Waals surface area (Å²) in [6.45, 7) is 0. The van der Waals surface area contributed by atoms with Gasteiger partial charge in [0, 0.05) is 5.54 Å². The molecule has 0 heterocycles. The first kappa shape index (κ1) is 9.34. The van der Waals surface area contributed by atoms with Crippen LogP contribution < -0.4 is 5.73 Å². The lowest BCUT2D eigenvalue weighted by Gasteiger charge is -2.16. The zero-order chi connectivity index (χ0) is 10.5. The Labute approximate surface area is 89.5 Å². The van der Waals surface area contributed by atoms with Gasteiger partial charge in [0.1, 0.15) is 5.82 Å². The molecule has 1 aromatic carbocycles. The van der Waals surface area contributed by atoms with E-state index in [-0.39, 0.29) is 11.4 Å². The molecular formula is C13H16FN. The fourth-order valence-corrected chi connectivity index (χ4v) is 2.74. The molecular weight excluding hydrogens is 189 g/mol. The van der Waals surface area contributed by atoms with Crippen LogP contribution in [0.1, 0.15) is 42.7 Å². The van der Waals surface area contributed by atoms with Gasteiger partial charge in [-0.1, -0.05) is 6.07 Å². The summed E-state index contributed by atoms with van der Waals surface area (Å²) in [5, 5.41) is 0. The summed E-state index contributed by atoms with van der Waals surface area (Å²) in [5.41, 5.74) is 8.79. The molecule has 3 rings (SSSR count). The van der Waals surface area contributed by atoms with E-state index in [1.807, 2.05) is 6.07 Å². The number of hydrogen-bond acceptors (Lipinski definition) is 1. The summed E-state index contributed by atoms with van der Waals surface area (Å²) in [7, 11) is 0. The Bertz CT molecular complexity index is 396. The van der Waals surface area contributed by atoms with Gasteiger partial charge in [-0.25, -0.2) is 4.39 Å². The SMILES string of the molecule is NC1(CC2CCc3cc(F)ccc32)CC1. The molecule has 1 fully saturated rings. The van der Waals surface area contributed by atoms with E-state index < -0.39 is 0 Å². The molecule has 1 atom stereocenters. The van der Waals surface area contributed by atoms with Crippen LogP contribution in [-0.2, 0) is 6.42 Å². The first-order valence-corrected chi connectivity index (χ1v) is 5.74. The van der Waals surface area contributed by atoms with Crippen molar-refractivity contribution in [3.05, 3.63) is 35.1 Å². The number of rotatable bonds is 2. The Morgan fingerprint density at radius 1 is 1.40 bits per heavy atom. The smallest absolute Gasteiger partial charge is 0.123 e. The minimum absolute atomic E-state index is 0.108. The predicted molar refractivity (Wildman–Crippen MR) is 58.2 cm³/mol. The Kier molecular flexibility index (Phi) is 1.90. The third kappa shape index (κ3) is 1.67. The highest BCUT2D eigenvalue weighted by Gasteiger charge is 2.41. The Morgan fingerprint density at radius 3 is 2.93 bits per heavy atom. The number of benzene rings is 1. The van der Waals surface area contributed by atoms with Crippen molar-refractivity contribution in [1.82, 2.24) is 0 Å². The lowest BCUT2D eigenvalue weighted by molar-refractivity contribution is 0.513. The van der Waals surface area contributed by atoms with Gasteiger partial charge in [0.25, 0.3) is 0 Å². The minimum Gasteiger partial charge on any atom is -0.325 e. The standard InChI is InChI=1S/C13H16FN/c14-11-3-4-12-9(7-11)1-2-10(12)8-13(15)5-6-13/h3-4,7,10H,1-2,5-6,8,15H2. The van der Waals surface area contributed by atoms with Gasteiger partial charge in [-0.2, -0.15) is 0 Å². The molecule has 2 aliphatic rings. The molecule has 1 nitrogen and oxygen atoms in total. The molecule has 2 heteroatoms. The van der Waals surface area contributed by atoms with E-state index in [0.29, 0.717) is 5.92 Å². The van der Waals surface area contributed by atoms with Gasteiger partial charge in [-0.3, -0.25) is 0 Å². The van der Waals surface area contributed by atoms with Crippen LogP contribution in [0.25, 0.3) is 0 Å². The normalized spacial score (nSPS) is 26.4. The fraction of sp³-hybridized carbons (Fsp3) is 0.538. The summed E-state index contributed by atoms with van der Waals surface area (Å²) in [6, 6.07) is 5.22.